The van der Waals surface area contributed by atoms with Gasteiger partial charge in [-0.3, -0.25) is 9.36 Å². The second-order valence-electron chi connectivity index (χ2n) is 3.56. The third kappa shape index (κ3) is 2.52. The van der Waals surface area contributed by atoms with E-state index in [1.807, 2.05) is 0 Å². The van der Waals surface area contributed by atoms with E-state index in [2.05, 4.69) is 10.4 Å². The third-order valence-electron chi connectivity index (χ3n) is 2.34. The van der Waals surface area contributed by atoms with Crippen LogP contribution in [0.2, 0.25) is 0 Å². The molecule has 1 aromatic rings. The lowest BCUT2D eigenvalue weighted by Crippen LogP contribution is -2.42. The van der Waals surface area contributed by atoms with Gasteiger partial charge in [-0.2, -0.15) is 0 Å². The van der Waals surface area contributed by atoms with E-state index in [-0.39, 0.29) is 5.82 Å². The lowest BCUT2D eigenvalue weighted by molar-refractivity contribution is -0.137. The van der Waals surface area contributed by atoms with Crippen LogP contribution in [0.25, 0.3) is 0 Å². The standard InChI is InChI=1S/C9H14N4O4/c1-4-5(8(15)16)10-6-7(14)12(2)9(17)13(3)11-6/h5H,4H2,1-3H3,(H,10,11)(H,15,16). The molecule has 1 rings (SSSR count). The molecule has 17 heavy (non-hydrogen) atoms. The fourth-order valence-electron chi connectivity index (χ4n) is 1.29. The Bertz CT molecular complexity index is 545. The maximum atomic E-state index is 11.6. The van der Waals surface area contributed by atoms with E-state index in [9.17, 15) is 14.4 Å². The maximum absolute atomic E-state index is 11.6. The summed E-state index contributed by atoms with van der Waals surface area (Å²) >= 11 is 0. The van der Waals surface area contributed by atoms with Gasteiger partial charge in [-0.05, 0) is 6.42 Å². The minimum absolute atomic E-state index is 0.149. The number of nitrogens with zero attached hydrogens (tertiary/aromatic N) is 3. The number of carbonyl (C=O) groups is 1. The Kier molecular flexibility index (Phi) is 3.66. The van der Waals surface area contributed by atoms with Crippen LogP contribution in [0.1, 0.15) is 13.3 Å². The summed E-state index contributed by atoms with van der Waals surface area (Å²) < 4.78 is 1.84. The van der Waals surface area contributed by atoms with Crippen LogP contribution >= 0.6 is 0 Å². The van der Waals surface area contributed by atoms with Crippen LogP contribution in [0.15, 0.2) is 9.59 Å². The zero-order valence-electron chi connectivity index (χ0n) is 9.80. The molecule has 0 radical (unpaired) electrons. The van der Waals surface area contributed by atoms with E-state index in [0.717, 1.165) is 9.25 Å². The van der Waals surface area contributed by atoms with E-state index in [0.29, 0.717) is 6.42 Å². The zero-order valence-corrected chi connectivity index (χ0v) is 9.80. The van der Waals surface area contributed by atoms with Crippen molar-refractivity contribution in [3.63, 3.8) is 0 Å². The summed E-state index contributed by atoms with van der Waals surface area (Å²) in [6, 6.07) is -0.910. The largest absolute Gasteiger partial charge is 0.480 e. The maximum Gasteiger partial charge on any atom is 0.346 e. The van der Waals surface area contributed by atoms with Crippen molar-refractivity contribution in [3.8, 4) is 0 Å². The summed E-state index contributed by atoms with van der Waals surface area (Å²) in [6.45, 7) is 1.66. The van der Waals surface area contributed by atoms with Gasteiger partial charge >= 0.3 is 11.7 Å². The number of aliphatic carboxylic acids is 1. The summed E-state index contributed by atoms with van der Waals surface area (Å²) in [5.41, 5.74) is -1.21. The van der Waals surface area contributed by atoms with Crippen LogP contribution in [0, 0.1) is 0 Å². The van der Waals surface area contributed by atoms with E-state index < -0.39 is 23.3 Å². The van der Waals surface area contributed by atoms with Crippen molar-refractivity contribution in [2.45, 2.75) is 19.4 Å². The van der Waals surface area contributed by atoms with Crippen LogP contribution in [0.4, 0.5) is 5.82 Å². The number of nitrogens with one attached hydrogen (secondary N) is 1. The molecule has 0 spiro atoms. The summed E-state index contributed by atoms with van der Waals surface area (Å²) in [5.74, 6) is -1.23. The summed E-state index contributed by atoms with van der Waals surface area (Å²) in [4.78, 5) is 33.8. The Morgan fingerprint density at radius 3 is 2.53 bits per heavy atom. The van der Waals surface area contributed by atoms with Crippen molar-refractivity contribution in [2.24, 2.45) is 14.1 Å². The fourth-order valence-corrected chi connectivity index (χ4v) is 1.29. The van der Waals surface area contributed by atoms with Crippen LogP contribution in [-0.2, 0) is 18.9 Å². The van der Waals surface area contributed by atoms with Crippen molar-refractivity contribution in [1.82, 2.24) is 14.3 Å². The van der Waals surface area contributed by atoms with Gasteiger partial charge in [-0.1, -0.05) is 6.92 Å². The predicted octanol–water partition coefficient (Wildman–Crippen LogP) is -1.25. The van der Waals surface area contributed by atoms with Crippen LogP contribution in [0.3, 0.4) is 0 Å². The van der Waals surface area contributed by atoms with Gasteiger partial charge in [0.25, 0.3) is 5.56 Å². The molecule has 0 aromatic carbocycles. The van der Waals surface area contributed by atoms with Gasteiger partial charge < -0.3 is 10.4 Å². The van der Waals surface area contributed by atoms with E-state index >= 15 is 0 Å². The second-order valence-corrected chi connectivity index (χ2v) is 3.56. The fraction of sp³-hybridized carbons (Fsp3) is 0.556. The van der Waals surface area contributed by atoms with Gasteiger partial charge in [0.1, 0.15) is 6.04 Å². The molecule has 8 nitrogen and oxygen atoms in total. The first kappa shape index (κ1) is 12.9. The summed E-state index contributed by atoms with van der Waals surface area (Å²) in [7, 11) is 2.69. The highest BCUT2D eigenvalue weighted by molar-refractivity contribution is 5.76. The monoisotopic (exact) mass is 242 g/mol. The van der Waals surface area contributed by atoms with E-state index in [1.54, 1.807) is 6.92 Å². The summed E-state index contributed by atoms with van der Waals surface area (Å²) in [5, 5.41) is 15.1. The molecular formula is C9H14N4O4. The van der Waals surface area contributed by atoms with Gasteiger partial charge in [-0.25, -0.2) is 14.3 Å². The highest BCUT2D eigenvalue weighted by Gasteiger charge is 2.18. The van der Waals surface area contributed by atoms with Gasteiger partial charge in [0.05, 0.1) is 0 Å². The Balaban J connectivity index is 3.21. The molecule has 2 N–H and O–H groups in total. The molecule has 0 aliphatic rings. The normalized spacial score (nSPS) is 12.2. The predicted molar refractivity (Wildman–Crippen MR) is 60.1 cm³/mol. The average molecular weight is 242 g/mol. The molecule has 1 unspecified atom stereocenters. The number of hydrogen-bond acceptors (Lipinski definition) is 5. The first-order valence-electron chi connectivity index (χ1n) is 5.02. The first-order chi connectivity index (χ1) is 7.88. The second kappa shape index (κ2) is 4.81. The van der Waals surface area contributed by atoms with Gasteiger partial charge in [0, 0.05) is 14.1 Å². The number of aryl methyl sites for hydroxylation is 1. The van der Waals surface area contributed by atoms with E-state index in [1.165, 1.54) is 14.1 Å². The molecule has 0 fully saturated rings. The number of hydrogen-bond donors (Lipinski definition) is 2. The van der Waals surface area contributed by atoms with Crippen molar-refractivity contribution in [3.05, 3.63) is 20.8 Å². The molecule has 0 bridgehead atoms. The molecule has 0 aliphatic heterocycles. The smallest absolute Gasteiger partial charge is 0.346 e. The van der Waals surface area contributed by atoms with E-state index in [4.69, 9.17) is 5.11 Å². The third-order valence-corrected chi connectivity index (χ3v) is 2.34. The number of aromatic nitrogens is 3. The quantitative estimate of drug-likeness (QED) is 0.683. The van der Waals surface area contributed by atoms with Crippen molar-refractivity contribution >= 4 is 11.8 Å². The topological polar surface area (TPSA) is 106 Å². The Labute approximate surface area is 96.5 Å². The molecule has 8 heteroatoms. The zero-order chi connectivity index (χ0) is 13.2. The minimum Gasteiger partial charge on any atom is -0.480 e. The van der Waals surface area contributed by atoms with Gasteiger partial charge in [0.15, 0.2) is 0 Å². The highest BCUT2D eigenvalue weighted by atomic mass is 16.4. The molecule has 94 valence electrons. The molecule has 0 amide bonds. The first-order valence-corrected chi connectivity index (χ1v) is 5.02. The molecule has 0 saturated heterocycles. The molecule has 0 aliphatic carbocycles. The van der Waals surface area contributed by atoms with Crippen LogP contribution in [0.5, 0.6) is 0 Å². The Morgan fingerprint density at radius 2 is 2.06 bits per heavy atom. The minimum atomic E-state index is -1.08. The number of rotatable bonds is 4. The lowest BCUT2D eigenvalue weighted by Gasteiger charge is -2.13. The molecular weight excluding hydrogens is 228 g/mol. The van der Waals surface area contributed by atoms with Crippen LogP contribution in [-0.4, -0.2) is 31.5 Å². The molecule has 0 saturated carbocycles. The van der Waals surface area contributed by atoms with Gasteiger partial charge in [-0.15, -0.1) is 5.10 Å². The highest BCUT2D eigenvalue weighted by Crippen LogP contribution is 1.99. The van der Waals surface area contributed by atoms with Crippen molar-refractivity contribution < 1.29 is 9.90 Å². The summed E-state index contributed by atoms with van der Waals surface area (Å²) in [6.07, 6.45) is 0.295. The number of carboxylic acid groups (broad SMARTS) is 1. The molecule has 1 aromatic heterocycles. The number of carboxylic acids is 1. The Morgan fingerprint density at radius 1 is 1.47 bits per heavy atom. The van der Waals surface area contributed by atoms with Crippen molar-refractivity contribution in [2.75, 3.05) is 5.32 Å². The Hall–Kier alpha value is -2.12. The molecule has 1 atom stereocenters. The molecule has 1 heterocycles. The lowest BCUT2D eigenvalue weighted by atomic mass is 10.2. The van der Waals surface area contributed by atoms with Crippen LogP contribution < -0.4 is 16.6 Å². The van der Waals surface area contributed by atoms with Crippen molar-refractivity contribution in [1.29, 1.82) is 0 Å². The average Bonchev–Trinajstić information content (AvgIpc) is 2.29. The van der Waals surface area contributed by atoms with Gasteiger partial charge in [0.2, 0.25) is 5.82 Å². The number of anilines is 1. The SMILES string of the molecule is CCC(Nc1nn(C)c(=O)n(C)c1=O)C(=O)O.